The fourth-order valence-electron chi connectivity index (χ4n) is 3.47. The lowest BCUT2D eigenvalue weighted by Crippen LogP contribution is -2.02. The van der Waals surface area contributed by atoms with E-state index in [0.29, 0.717) is 0 Å². The van der Waals surface area contributed by atoms with Crippen molar-refractivity contribution in [2.75, 3.05) is 0 Å². The van der Waals surface area contributed by atoms with E-state index in [4.69, 9.17) is 0 Å². The number of hydrogen-bond acceptors (Lipinski definition) is 1. The van der Waals surface area contributed by atoms with Crippen molar-refractivity contribution in [1.29, 1.82) is 0 Å². The minimum atomic E-state index is -6.00. The summed E-state index contributed by atoms with van der Waals surface area (Å²) in [6.45, 7) is 5.53. The Morgan fingerprint density at radius 2 is 1.03 bits per heavy atom. The largest absolute Gasteiger partial charge is 0.673 e. The second-order valence-electron chi connectivity index (χ2n) is 7.97. The van der Waals surface area contributed by atoms with Gasteiger partial charge < -0.3 is 21.8 Å². The standard InChI is InChI=1S/C22H42N2.BF4/c1-3-4-5-6-7-8-9-10-11-12-13-14-15-16-17-18-20-24-21-19-23-22(24)2;2-1(3,4)5/h19,21H,3-18,20H2,1-2H3;/q;-1. The maximum Gasteiger partial charge on any atom is 0.673 e. The van der Waals surface area contributed by atoms with E-state index in [1.54, 1.807) is 0 Å². The van der Waals surface area contributed by atoms with E-state index >= 15 is 0 Å². The number of rotatable bonds is 17. The van der Waals surface area contributed by atoms with Gasteiger partial charge in [0.05, 0.1) is 0 Å². The van der Waals surface area contributed by atoms with Gasteiger partial charge in [0.1, 0.15) is 5.82 Å². The number of unbranched alkanes of at least 4 members (excludes halogenated alkanes) is 15. The minimum Gasteiger partial charge on any atom is -0.418 e. The zero-order chi connectivity index (χ0) is 21.8. The fraction of sp³-hybridized carbons (Fsp3) is 0.864. The highest BCUT2D eigenvalue weighted by molar-refractivity contribution is 6.50. The van der Waals surface area contributed by atoms with Crippen LogP contribution in [-0.2, 0) is 6.54 Å². The summed E-state index contributed by atoms with van der Waals surface area (Å²) in [5, 5.41) is 0. The molecule has 0 saturated heterocycles. The summed E-state index contributed by atoms with van der Waals surface area (Å²) in [6, 6.07) is 0. The number of halogens is 4. The van der Waals surface area contributed by atoms with Gasteiger partial charge in [-0.2, -0.15) is 0 Å². The summed E-state index contributed by atoms with van der Waals surface area (Å²) in [7, 11) is -6.00. The molecule has 29 heavy (non-hydrogen) atoms. The predicted molar refractivity (Wildman–Crippen MR) is 117 cm³/mol. The lowest BCUT2D eigenvalue weighted by Gasteiger charge is -2.05. The molecule has 0 atom stereocenters. The van der Waals surface area contributed by atoms with Crippen LogP contribution in [0.2, 0.25) is 0 Å². The van der Waals surface area contributed by atoms with Crippen LogP contribution in [0.15, 0.2) is 12.4 Å². The van der Waals surface area contributed by atoms with Gasteiger partial charge in [-0.05, 0) is 13.3 Å². The summed E-state index contributed by atoms with van der Waals surface area (Å²) in [5.41, 5.74) is 0. The summed E-state index contributed by atoms with van der Waals surface area (Å²) >= 11 is 0. The van der Waals surface area contributed by atoms with Crippen molar-refractivity contribution in [1.82, 2.24) is 9.55 Å². The first kappa shape index (κ1) is 28.0. The quantitative estimate of drug-likeness (QED) is 0.140. The average molecular weight is 421 g/mol. The molecule has 0 saturated carbocycles. The molecular weight excluding hydrogens is 379 g/mol. The Labute approximate surface area is 176 Å². The summed E-state index contributed by atoms with van der Waals surface area (Å²) in [4.78, 5) is 4.27. The number of aryl methyl sites for hydroxylation is 2. The van der Waals surface area contributed by atoms with Crippen LogP contribution in [-0.4, -0.2) is 16.8 Å². The minimum absolute atomic E-state index is 1.14. The van der Waals surface area contributed by atoms with Crippen molar-refractivity contribution in [2.24, 2.45) is 0 Å². The Morgan fingerprint density at radius 3 is 1.34 bits per heavy atom. The smallest absolute Gasteiger partial charge is 0.418 e. The highest BCUT2D eigenvalue weighted by atomic mass is 19.5. The molecule has 0 bridgehead atoms. The van der Waals surface area contributed by atoms with Gasteiger partial charge in [-0.15, -0.1) is 0 Å². The SMILES string of the molecule is CCCCCCCCCCCCCCCCCCn1ccnc1C.F[B-](F)(F)F. The molecule has 1 rings (SSSR count). The molecule has 0 aliphatic carbocycles. The Morgan fingerprint density at radius 1 is 0.690 bits per heavy atom. The molecule has 1 aromatic heterocycles. The van der Waals surface area contributed by atoms with Gasteiger partial charge in [0.15, 0.2) is 0 Å². The van der Waals surface area contributed by atoms with Crippen molar-refractivity contribution < 1.29 is 17.3 Å². The third-order valence-corrected chi connectivity index (χ3v) is 5.18. The Kier molecular flexibility index (Phi) is 18.3. The highest BCUT2D eigenvalue weighted by Gasteiger charge is 2.20. The van der Waals surface area contributed by atoms with Gasteiger partial charge in [0.2, 0.25) is 0 Å². The zero-order valence-corrected chi connectivity index (χ0v) is 18.7. The molecule has 1 heterocycles. The van der Waals surface area contributed by atoms with Crippen molar-refractivity contribution >= 4 is 7.25 Å². The molecule has 0 spiro atoms. The zero-order valence-electron chi connectivity index (χ0n) is 18.7. The summed E-state index contributed by atoms with van der Waals surface area (Å²) < 4.78 is 41.3. The van der Waals surface area contributed by atoms with Gasteiger partial charge in [0.25, 0.3) is 0 Å². The molecule has 0 radical (unpaired) electrons. The van der Waals surface area contributed by atoms with Crippen LogP contribution in [0.4, 0.5) is 17.3 Å². The first-order valence-corrected chi connectivity index (χ1v) is 11.7. The van der Waals surface area contributed by atoms with Gasteiger partial charge in [-0.1, -0.05) is 103 Å². The van der Waals surface area contributed by atoms with Crippen LogP contribution in [0, 0.1) is 6.92 Å². The lowest BCUT2D eigenvalue weighted by atomic mass is 10.0. The topological polar surface area (TPSA) is 17.8 Å². The molecule has 0 aliphatic rings. The van der Waals surface area contributed by atoms with E-state index in [1.807, 2.05) is 6.20 Å². The molecular formula is C22H42BF4N2-. The first-order chi connectivity index (χ1) is 13.8. The maximum atomic E-state index is 9.75. The summed E-state index contributed by atoms with van der Waals surface area (Å²) in [5.74, 6) is 1.15. The third-order valence-electron chi connectivity index (χ3n) is 5.18. The molecule has 0 aliphatic heterocycles. The van der Waals surface area contributed by atoms with E-state index in [9.17, 15) is 17.3 Å². The van der Waals surface area contributed by atoms with Crippen molar-refractivity contribution in [3.05, 3.63) is 18.2 Å². The second kappa shape index (κ2) is 19.0. The first-order valence-electron chi connectivity index (χ1n) is 11.7. The van der Waals surface area contributed by atoms with Crippen molar-refractivity contribution in [2.45, 2.75) is 123 Å². The summed E-state index contributed by atoms with van der Waals surface area (Å²) in [6.07, 6.45) is 27.0. The maximum absolute atomic E-state index is 9.75. The number of aromatic nitrogens is 2. The molecule has 0 unspecified atom stereocenters. The molecule has 0 amide bonds. The van der Waals surface area contributed by atoms with Crippen LogP contribution >= 0.6 is 0 Å². The molecule has 0 N–H and O–H groups in total. The number of nitrogens with zero attached hydrogens (tertiary/aromatic N) is 2. The average Bonchev–Trinajstić information content (AvgIpc) is 3.05. The number of hydrogen-bond donors (Lipinski definition) is 0. The Bertz CT molecular complexity index is 458. The number of imidazole rings is 1. The van der Waals surface area contributed by atoms with Crippen LogP contribution < -0.4 is 0 Å². The van der Waals surface area contributed by atoms with Crippen LogP contribution in [0.5, 0.6) is 0 Å². The van der Waals surface area contributed by atoms with Gasteiger partial charge >= 0.3 is 7.25 Å². The fourth-order valence-corrected chi connectivity index (χ4v) is 3.47. The molecule has 0 fully saturated rings. The van der Waals surface area contributed by atoms with E-state index in [0.717, 1.165) is 12.4 Å². The van der Waals surface area contributed by atoms with Crippen molar-refractivity contribution in [3.8, 4) is 0 Å². The molecule has 2 nitrogen and oxygen atoms in total. The van der Waals surface area contributed by atoms with E-state index < -0.39 is 7.25 Å². The molecule has 7 heteroatoms. The van der Waals surface area contributed by atoms with Gasteiger partial charge in [-0.25, -0.2) is 4.98 Å². The van der Waals surface area contributed by atoms with Gasteiger partial charge in [-0.3, -0.25) is 0 Å². The van der Waals surface area contributed by atoms with E-state index in [-0.39, 0.29) is 0 Å². The van der Waals surface area contributed by atoms with E-state index in [2.05, 4.69) is 29.6 Å². The van der Waals surface area contributed by atoms with E-state index in [1.165, 1.54) is 103 Å². The Hall–Kier alpha value is -1.01. The normalized spacial score (nSPS) is 11.4. The van der Waals surface area contributed by atoms with Crippen LogP contribution in [0.3, 0.4) is 0 Å². The van der Waals surface area contributed by atoms with Crippen LogP contribution in [0.1, 0.15) is 115 Å². The van der Waals surface area contributed by atoms with Crippen LogP contribution in [0.25, 0.3) is 0 Å². The van der Waals surface area contributed by atoms with Crippen molar-refractivity contribution in [3.63, 3.8) is 0 Å². The lowest BCUT2D eigenvalue weighted by molar-refractivity contribution is 0.368. The monoisotopic (exact) mass is 421 g/mol. The molecule has 0 aromatic carbocycles. The molecule has 1 aromatic rings. The highest BCUT2D eigenvalue weighted by Crippen LogP contribution is 2.14. The predicted octanol–water partition coefficient (Wildman–Crippen LogP) is 8.75. The molecule has 172 valence electrons. The third kappa shape index (κ3) is 23.1. The Balaban J connectivity index is 0.00000139. The van der Waals surface area contributed by atoms with Gasteiger partial charge in [0, 0.05) is 18.9 Å². The second-order valence-corrected chi connectivity index (χ2v) is 7.97.